The van der Waals surface area contributed by atoms with Gasteiger partial charge >= 0.3 is 5.97 Å². The second kappa shape index (κ2) is 21.6. The molecule has 24 heteroatoms. The Bertz CT molecular complexity index is 3420. The van der Waals surface area contributed by atoms with Crippen molar-refractivity contribution in [1.82, 2.24) is 5.32 Å². The second-order valence-corrected chi connectivity index (χ2v) is 24.0. The zero-order valence-corrected chi connectivity index (χ0v) is 43.4. The molecule has 1 atom stereocenters. The van der Waals surface area contributed by atoms with Gasteiger partial charge in [0.05, 0.1) is 29.3 Å². The highest BCUT2D eigenvalue weighted by Gasteiger charge is 2.47. The number of nitrogens with zero attached hydrogens (tertiary/aromatic N) is 2. The smallest absolute Gasteiger partial charge is 0.303 e. The van der Waals surface area contributed by atoms with Crippen LogP contribution in [0.2, 0.25) is 0 Å². The zero-order chi connectivity index (χ0) is 53.2. The number of rotatable bonds is 23. The van der Waals surface area contributed by atoms with Crippen LogP contribution in [0.4, 0.5) is 11.4 Å². The maximum absolute atomic E-state index is 13.4. The van der Waals surface area contributed by atoms with E-state index >= 15 is 0 Å². The summed E-state index contributed by atoms with van der Waals surface area (Å²) < 4.78 is 153. The number of fused-ring (bicyclic) bond motifs is 6. The van der Waals surface area contributed by atoms with E-state index in [0.29, 0.717) is 65.5 Å². The van der Waals surface area contributed by atoms with E-state index in [9.17, 15) is 66.6 Å². The fourth-order valence-corrected chi connectivity index (χ4v) is 12.4. The summed E-state index contributed by atoms with van der Waals surface area (Å²) in [6.45, 7) is 6.67. The van der Waals surface area contributed by atoms with Crippen LogP contribution in [-0.2, 0) is 65.6 Å². The van der Waals surface area contributed by atoms with Gasteiger partial charge in [0.25, 0.3) is 46.4 Å². The fourth-order valence-electron chi connectivity index (χ4n) is 9.84. The van der Waals surface area contributed by atoms with E-state index in [0.717, 1.165) is 17.8 Å². The molecule has 0 radical (unpaired) electrons. The maximum Gasteiger partial charge on any atom is 0.303 e. The number of carbonyl (C=O) groups excluding carboxylic acids is 1. The van der Waals surface area contributed by atoms with Crippen molar-refractivity contribution in [2.24, 2.45) is 0 Å². The summed E-state index contributed by atoms with van der Waals surface area (Å²) in [7, 11) is -16.5. The Kier molecular flexibility index (Phi) is 16.8. The molecule has 390 valence electrons. The van der Waals surface area contributed by atoms with Gasteiger partial charge in [0.2, 0.25) is 5.69 Å². The van der Waals surface area contributed by atoms with Crippen LogP contribution in [0.25, 0.3) is 21.5 Å². The Balaban J connectivity index is 1.51. The molecule has 2 aliphatic rings. The molecular formula is C48H58N3O17S4+. The molecule has 1 unspecified atom stereocenters. The molecule has 0 saturated heterocycles. The Morgan fingerprint density at radius 2 is 1.36 bits per heavy atom. The fraction of sp³-hybridized carbons (Fsp3) is 0.396. The van der Waals surface area contributed by atoms with Crippen LogP contribution in [0.3, 0.4) is 0 Å². The van der Waals surface area contributed by atoms with Crippen LogP contribution < -0.4 is 10.2 Å². The molecule has 2 aliphatic heterocycles. The van der Waals surface area contributed by atoms with Gasteiger partial charge in [-0.05, 0) is 105 Å². The summed E-state index contributed by atoms with van der Waals surface area (Å²) in [5, 5.41) is 12.5. The van der Waals surface area contributed by atoms with Crippen molar-refractivity contribution in [3.8, 4) is 0 Å². The molecule has 0 spiro atoms. The number of hydrogen-bond donors (Lipinski definition) is 6. The predicted molar refractivity (Wildman–Crippen MR) is 269 cm³/mol. The van der Waals surface area contributed by atoms with E-state index in [4.69, 9.17) is 9.47 Å². The summed E-state index contributed by atoms with van der Waals surface area (Å²) in [5.74, 6) is -2.16. The Morgan fingerprint density at radius 1 is 0.722 bits per heavy atom. The minimum Gasteiger partial charge on any atom is -0.481 e. The normalized spacial score (nSPS) is 17.8. The van der Waals surface area contributed by atoms with Gasteiger partial charge in [-0.2, -0.15) is 38.2 Å². The Hall–Kier alpha value is -5.41. The highest BCUT2D eigenvalue weighted by atomic mass is 32.2. The van der Waals surface area contributed by atoms with E-state index in [1.54, 1.807) is 55.5 Å². The van der Waals surface area contributed by atoms with Crippen molar-refractivity contribution >= 4 is 91.0 Å². The third-order valence-corrected chi connectivity index (χ3v) is 16.4. The number of carboxylic acids is 1. The quantitative estimate of drug-likeness (QED) is 0.0208. The van der Waals surface area contributed by atoms with Gasteiger partial charge in [-0.1, -0.05) is 24.3 Å². The lowest BCUT2D eigenvalue weighted by atomic mass is 9.75. The van der Waals surface area contributed by atoms with Crippen LogP contribution in [0, 0.1) is 0 Å². The van der Waals surface area contributed by atoms with E-state index in [1.165, 1.54) is 20.3 Å². The number of ether oxygens (including phenoxy) is 2. The van der Waals surface area contributed by atoms with Gasteiger partial charge in [-0.15, -0.1) is 0 Å². The highest BCUT2D eigenvalue weighted by molar-refractivity contribution is 7.87. The number of benzene rings is 4. The maximum atomic E-state index is 13.4. The molecule has 20 nitrogen and oxygen atoms in total. The third kappa shape index (κ3) is 12.0. The first-order valence-electron chi connectivity index (χ1n) is 22.6. The minimum absolute atomic E-state index is 0.00475. The van der Waals surface area contributed by atoms with E-state index in [-0.39, 0.29) is 67.3 Å². The van der Waals surface area contributed by atoms with Crippen molar-refractivity contribution in [3.05, 3.63) is 101 Å². The number of methoxy groups -OCH3 is 2. The number of anilines is 1. The Labute approximate surface area is 418 Å². The van der Waals surface area contributed by atoms with E-state index in [1.807, 2.05) is 29.4 Å². The topological polar surface area (TPSA) is 309 Å². The van der Waals surface area contributed by atoms with Crippen LogP contribution in [-0.4, -0.2) is 132 Å². The molecule has 6 N–H and O–H groups in total. The lowest BCUT2D eigenvalue weighted by molar-refractivity contribution is -0.438. The van der Waals surface area contributed by atoms with Crippen LogP contribution >= 0.6 is 0 Å². The molecule has 4 aromatic rings. The van der Waals surface area contributed by atoms with Crippen LogP contribution in [0.5, 0.6) is 0 Å². The molecule has 6 rings (SSSR count). The highest BCUT2D eigenvalue weighted by Crippen LogP contribution is 2.54. The molecule has 0 aromatic heterocycles. The number of allylic oxidation sites excluding steroid dienone is 6. The number of unbranched alkanes of at least 4 members (excludes halogenated alkanes) is 2. The molecular weight excluding hydrogens is 1020 g/mol. The Morgan fingerprint density at radius 3 is 1.97 bits per heavy atom. The summed E-state index contributed by atoms with van der Waals surface area (Å²) in [6.07, 6.45) is 10.2. The van der Waals surface area contributed by atoms with Gasteiger partial charge in [0.15, 0.2) is 5.71 Å². The van der Waals surface area contributed by atoms with Gasteiger partial charge in [0, 0.05) is 91.0 Å². The van der Waals surface area contributed by atoms with Gasteiger partial charge < -0.3 is 24.8 Å². The molecule has 4 aromatic carbocycles. The largest absolute Gasteiger partial charge is 0.481 e. The van der Waals surface area contributed by atoms with Crippen molar-refractivity contribution in [2.45, 2.75) is 84.8 Å². The van der Waals surface area contributed by atoms with E-state index < -0.39 is 83.6 Å². The number of aliphatic carboxylic acids is 1. The lowest BCUT2D eigenvalue weighted by Crippen LogP contribution is -2.31. The monoisotopic (exact) mass is 1080 g/mol. The second-order valence-electron chi connectivity index (χ2n) is 18.2. The molecule has 72 heavy (non-hydrogen) atoms. The summed E-state index contributed by atoms with van der Waals surface area (Å²) in [6, 6.07) is 10.7. The summed E-state index contributed by atoms with van der Waals surface area (Å²) in [4.78, 5) is 24.4. The number of nitrogens with one attached hydrogen (secondary N) is 1. The molecule has 1 amide bonds. The molecule has 0 aliphatic carbocycles. The molecule has 2 heterocycles. The van der Waals surface area contributed by atoms with Crippen molar-refractivity contribution in [1.29, 1.82) is 0 Å². The summed E-state index contributed by atoms with van der Waals surface area (Å²) >= 11 is 0. The summed E-state index contributed by atoms with van der Waals surface area (Å²) in [5.41, 5.74) is 1.26. The van der Waals surface area contributed by atoms with Gasteiger partial charge in [0.1, 0.15) is 16.3 Å². The number of amides is 1. The first kappa shape index (κ1) is 55.9. The van der Waals surface area contributed by atoms with Crippen molar-refractivity contribution in [2.75, 3.05) is 57.7 Å². The van der Waals surface area contributed by atoms with Gasteiger partial charge in [-0.3, -0.25) is 27.8 Å². The standard InChI is InChI=1S/C48H57N3O17S4/c1-47(2)41(50(22-11-7-10-15-43(52)53)37-18-16-33-35(44(37)47)27-31(28-39(33)71(61,62)63)46(54)49-21-24-67-4)13-8-6-9-14-42-48(3,20-12-26-69(55,56)57)45-36-29-32(70(58,59)60)30-40(72(64,65)66)34(36)17-19-38(45)51(42)23-25-68-5/h6,8-9,13-14,16-19,27-30H,7,10-12,15,20-26H2,1-5H3,(H5-,49,52,53,54,55,56,57,58,59,60,61,62,63,64,65,66)/p+1. The average Bonchev–Trinajstić information content (AvgIpc) is 3.64. The van der Waals surface area contributed by atoms with Crippen molar-refractivity contribution < 1.29 is 80.6 Å². The van der Waals surface area contributed by atoms with Crippen LogP contribution in [0.1, 0.15) is 80.8 Å². The van der Waals surface area contributed by atoms with Gasteiger partial charge in [-0.25, -0.2) is 0 Å². The zero-order valence-electron chi connectivity index (χ0n) is 40.2. The number of carboxylic acid groups (broad SMARTS) is 1. The third-order valence-electron chi connectivity index (χ3n) is 13.0. The van der Waals surface area contributed by atoms with Crippen LogP contribution in [0.15, 0.2) is 99.3 Å². The SMILES string of the molecule is COCCNC(=O)c1cc(S(=O)(=O)O)c2ccc3c(c2c1)C(C)(C)C(C=CC=CC=C1N(CCOC)c2ccc4c(S(=O)(=O)O)cc(S(=O)(=O)O)cc4c2C1(C)CCCS(=O)(=O)O)=[N+]3CCCCCC(=O)O. The minimum atomic E-state index is -5.08. The lowest BCUT2D eigenvalue weighted by Gasteiger charge is -2.30. The molecule has 0 bridgehead atoms. The number of hydrogen-bond acceptors (Lipinski definition) is 13. The first-order chi connectivity index (χ1) is 33.6. The first-order valence-corrected chi connectivity index (χ1v) is 28.5. The average molecular weight is 1080 g/mol. The predicted octanol–water partition coefficient (Wildman–Crippen LogP) is 6.22. The molecule has 0 fully saturated rings. The van der Waals surface area contributed by atoms with E-state index in [2.05, 4.69) is 5.32 Å². The molecule has 0 saturated carbocycles. The number of carbonyl (C=O) groups is 2. The van der Waals surface area contributed by atoms with Crippen molar-refractivity contribution in [3.63, 3.8) is 0 Å².